The summed E-state index contributed by atoms with van der Waals surface area (Å²) in [5.41, 5.74) is 1.18. The van der Waals surface area contributed by atoms with Crippen LogP contribution in [0.15, 0.2) is 41.8 Å². The molecule has 5 heteroatoms. The van der Waals surface area contributed by atoms with E-state index in [9.17, 15) is 4.79 Å². The number of carbonyl (C=O) groups is 1. The zero-order valence-corrected chi connectivity index (χ0v) is 12.9. The second-order valence-electron chi connectivity index (χ2n) is 4.85. The molecular formula is C16H17N3OS. The molecule has 0 aliphatic rings. The number of hydrogen-bond donors (Lipinski definition) is 1. The minimum Gasteiger partial charge on any atom is -0.325 e. The third-order valence-electron chi connectivity index (χ3n) is 3.29. The molecule has 108 valence electrons. The van der Waals surface area contributed by atoms with E-state index >= 15 is 0 Å². The molecule has 0 saturated heterocycles. The normalized spacial score (nSPS) is 11.9. The lowest BCUT2D eigenvalue weighted by atomic mass is 10.2. The van der Waals surface area contributed by atoms with E-state index < -0.39 is 0 Å². The Kier molecular flexibility index (Phi) is 5.09. The number of carbonyl (C=O) groups excluding carboxylic acids is 1. The molecule has 1 amide bonds. The summed E-state index contributed by atoms with van der Waals surface area (Å²) < 4.78 is 0. The van der Waals surface area contributed by atoms with Crippen molar-refractivity contribution in [3.05, 3.63) is 52.2 Å². The van der Waals surface area contributed by atoms with E-state index in [4.69, 9.17) is 5.26 Å². The number of likely N-dealkylation sites (N-methyl/N-ethyl adjacent to an activating group) is 1. The molecule has 1 N–H and O–H groups in total. The van der Waals surface area contributed by atoms with Crippen LogP contribution in [0.3, 0.4) is 0 Å². The highest BCUT2D eigenvalue weighted by atomic mass is 32.1. The van der Waals surface area contributed by atoms with Crippen LogP contribution in [0.4, 0.5) is 5.69 Å². The van der Waals surface area contributed by atoms with Crippen LogP contribution in [0.1, 0.15) is 17.4 Å². The van der Waals surface area contributed by atoms with Crippen LogP contribution in [0.2, 0.25) is 0 Å². The molecule has 1 aromatic carbocycles. The predicted octanol–water partition coefficient (Wildman–Crippen LogP) is 3.08. The van der Waals surface area contributed by atoms with Gasteiger partial charge in [0.05, 0.1) is 17.7 Å². The van der Waals surface area contributed by atoms with E-state index in [1.54, 1.807) is 35.6 Å². The van der Waals surface area contributed by atoms with Gasteiger partial charge in [0, 0.05) is 17.1 Å². The van der Waals surface area contributed by atoms with Crippen LogP contribution in [-0.4, -0.2) is 23.9 Å². The number of nitrogens with one attached hydrogen (secondary N) is 1. The van der Waals surface area contributed by atoms with Crippen LogP contribution >= 0.6 is 11.3 Å². The first-order chi connectivity index (χ1) is 10.1. The van der Waals surface area contributed by atoms with Crippen LogP contribution < -0.4 is 5.32 Å². The van der Waals surface area contributed by atoms with Gasteiger partial charge >= 0.3 is 0 Å². The summed E-state index contributed by atoms with van der Waals surface area (Å²) in [7, 11) is 1.93. The average molecular weight is 299 g/mol. The van der Waals surface area contributed by atoms with Crippen molar-refractivity contribution in [2.24, 2.45) is 0 Å². The lowest BCUT2D eigenvalue weighted by molar-refractivity contribution is -0.120. The van der Waals surface area contributed by atoms with Crippen molar-refractivity contribution in [1.29, 1.82) is 5.26 Å². The van der Waals surface area contributed by atoms with Gasteiger partial charge in [0.25, 0.3) is 0 Å². The van der Waals surface area contributed by atoms with Crippen molar-refractivity contribution >= 4 is 22.9 Å². The quantitative estimate of drug-likeness (QED) is 0.923. The molecule has 0 aliphatic heterocycles. The van der Waals surface area contributed by atoms with E-state index in [-0.39, 0.29) is 11.9 Å². The second-order valence-corrected chi connectivity index (χ2v) is 5.88. The lowest BCUT2D eigenvalue weighted by Crippen LogP contribution is -2.39. The summed E-state index contributed by atoms with van der Waals surface area (Å²) in [6, 6.07) is 12.8. The van der Waals surface area contributed by atoms with Crippen molar-refractivity contribution < 1.29 is 4.79 Å². The number of anilines is 1. The van der Waals surface area contributed by atoms with Crippen molar-refractivity contribution in [3.63, 3.8) is 0 Å². The van der Waals surface area contributed by atoms with Crippen molar-refractivity contribution in [3.8, 4) is 6.07 Å². The Morgan fingerprint density at radius 3 is 2.90 bits per heavy atom. The van der Waals surface area contributed by atoms with Gasteiger partial charge in [0.15, 0.2) is 0 Å². The smallest absolute Gasteiger partial charge is 0.241 e. The van der Waals surface area contributed by atoms with Gasteiger partial charge in [-0.15, -0.1) is 11.3 Å². The SMILES string of the molecule is CC(C(=O)Nc1cccc(C#N)c1)N(C)Cc1cccs1. The topological polar surface area (TPSA) is 56.1 Å². The Labute approximate surface area is 128 Å². The molecule has 2 aromatic rings. The summed E-state index contributed by atoms with van der Waals surface area (Å²) in [6.45, 7) is 2.61. The van der Waals surface area contributed by atoms with E-state index in [2.05, 4.69) is 17.5 Å². The molecule has 2 rings (SSSR count). The highest BCUT2D eigenvalue weighted by Gasteiger charge is 2.18. The van der Waals surface area contributed by atoms with Crippen molar-refractivity contribution in [1.82, 2.24) is 4.90 Å². The Bertz CT molecular complexity index is 646. The molecule has 1 aromatic heterocycles. The molecule has 0 spiro atoms. The summed E-state index contributed by atoms with van der Waals surface area (Å²) >= 11 is 1.68. The zero-order valence-electron chi connectivity index (χ0n) is 12.0. The molecule has 0 radical (unpaired) electrons. The number of benzene rings is 1. The fourth-order valence-electron chi connectivity index (χ4n) is 1.90. The van der Waals surface area contributed by atoms with Gasteiger partial charge < -0.3 is 5.32 Å². The first-order valence-electron chi connectivity index (χ1n) is 6.64. The first kappa shape index (κ1) is 15.2. The molecule has 21 heavy (non-hydrogen) atoms. The molecule has 0 aliphatic carbocycles. The van der Waals surface area contributed by atoms with Gasteiger partial charge in [-0.3, -0.25) is 9.69 Å². The average Bonchev–Trinajstić information content (AvgIpc) is 2.99. The minimum absolute atomic E-state index is 0.0795. The maximum Gasteiger partial charge on any atom is 0.241 e. The minimum atomic E-state index is -0.252. The third kappa shape index (κ3) is 4.15. The molecule has 1 heterocycles. The maximum atomic E-state index is 12.2. The van der Waals surface area contributed by atoms with E-state index in [1.807, 2.05) is 30.3 Å². The van der Waals surface area contributed by atoms with Gasteiger partial charge in [0.1, 0.15) is 0 Å². The first-order valence-corrected chi connectivity index (χ1v) is 7.52. The van der Waals surface area contributed by atoms with Crippen LogP contribution in [0.5, 0.6) is 0 Å². The highest BCUT2D eigenvalue weighted by Crippen LogP contribution is 2.14. The van der Waals surface area contributed by atoms with Gasteiger partial charge in [-0.05, 0) is 43.6 Å². The number of thiophene rings is 1. The van der Waals surface area contributed by atoms with Crippen LogP contribution in [0, 0.1) is 11.3 Å². The number of nitriles is 1. The van der Waals surface area contributed by atoms with Crippen molar-refractivity contribution in [2.45, 2.75) is 19.5 Å². The number of rotatable bonds is 5. The summed E-state index contributed by atoms with van der Waals surface area (Å²) in [5, 5.41) is 13.7. The molecule has 0 bridgehead atoms. The predicted molar refractivity (Wildman–Crippen MR) is 85.0 cm³/mol. The Balaban J connectivity index is 1.97. The standard InChI is InChI=1S/C16H17N3OS/c1-12(19(2)11-15-7-4-8-21-15)16(20)18-14-6-3-5-13(9-14)10-17/h3-9,12H,11H2,1-2H3,(H,18,20). The molecule has 1 atom stereocenters. The molecule has 4 nitrogen and oxygen atoms in total. The largest absolute Gasteiger partial charge is 0.325 e. The van der Waals surface area contributed by atoms with E-state index in [1.165, 1.54) is 4.88 Å². The molecule has 1 unspecified atom stereocenters. The molecule has 0 fully saturated rings. The molecule has 0 saturated carbocycles. The fraction of sp³-hybridized carbons (Fsp3) is 0.250. The lowest BCUT2D eigenvalue weighted by Gasteiger charge is -2.23. The summed E-state index contributed by atoms with van der Waals surface area (Å²) in [5.74, 6) is -0.0795. The fourth-order valence-corrected chi connectivity index (χ4v) is 2.67. The Hall–Kier alpha value is -2.16. The highest BCUT2D eigenvalue weighted by molar-refractivity contribution is 7.09. The van der Waals surface area contributed by atoms with E-state index in [0.29, 0.717) is 11.3 Å². The summed E-state index contributed by atoms with van der Waals surface area (Å²) in [6.07, 6.45) is 0. The van der Waals surface area contributed by atoms with Crippen LogP contribution in [-0.2, 0) is 11.3 Å². The van der Waals surface area contributed by atoms with Gasteiger partial charge in [0.2, 0.25) is 5.91 Å². The van der Waals surface area contributed by atoms with Gasteiger partial charge in [-0.2, -0.15) is 5.26 Å². The monoisotopic (exact) mass is 299 g/mol. The van der Waals surface area contributed by atoms with Crippen LogP contribution in [0.25, 0.3) is 0 Å². The number of hydrogen-bond acceptors (Lipinski definition) is 4. The zero-order chi connectivity index (χ0) is 15.2. The van der Waals surface area contributed by atoms with Gasteiger partial charge in [-0.1, -0.05) is 12.1 Å². The Morgan fingerprint density at radius 2 is 2.24 bits per heavy atom. The number of amides is 1. The summed E-state index contributed by atoms with van der Waals surface area (Å²) in [4.78, 5) is 15.5. The number of nitrogens with zero attached hydrogens (tertiary/aromatic N) is 2. The second kappa shape index (κ2) is 7.02. The third-order valence-corrected chi connectivity index (χ3v) is 4.15. The Morgan fingerprint density at radius 1 is 1.43 bits per heavy atom. The maximum absolute atomic E-state index is 12.2. The van der Waals surface area contributed by atoms with Crippen molar-refractivity contribution in [2.75, 3.05) is 12.4 Å². The van der Waals surface area contributed by atoms with Gasteiger partial charge in [-0.25, -0.2) is 0 Å². The molecular weight excluding hydrogens is 282 g/mol. The van der Waals surface area contributed by atoms with E-state index in [0.717, 1.165) is 6.54 Å².